The van der Waals surface area contributed by atoms with Gasteiger partial charge in [0, 0.05) is 25.7 Å². The van der Waals surface area contributed by atoms with Crippen LogP contribution in [0.4, 0.5) is 0 Å². The van der Waals surface area contributed by atoms with Gasteiger partial charge in [0.15, 0.2) is 0 Å². The summed E-state index contributed by atoms with van der Waals surface area (Å²) in [6.07, 6.45) is 3.23. The van der Waals surface area contributed by atoms with E-state index in [0.29, 0.717) is 6.04 Å². The maximum atomic E-state index is 12.2. The van der Waals surface area contributed by atoms with Crippen molar-refractivity contribution >= 4 is 5.91 Å². The predicted molar refractivity (Wildman–Crippen MR) is 75.6 cm³/mol. The maximum Gasteiger partial charge on any atom is 0.227 e. The molecule has 1 aliphatic rings. The third-order valence-electron chi connectivity index (χ3n) is 4.24. The molecule has 18 heavy (non-hydrogen) atoms. The van der Waals surface area contributed by atoms with E-state index in [-0.39, 0.29) is 11.3 Å². The van der Waals surface area contributed by atoms with Crippen LogP contribution in [0.2, 0.25) is 0 Å². The largest absolute Gasteiger partial charge is 0.354 e. The molecule has 0 aromatic heterocycles. The second-order valence-electron chi connectivity index (χ2n) is 5.83. The van der Waals surface area contributed by atoms with Crippen molar-refractivity contribution in [3.8, 4) is 0 Å². The Hall–Kier alpha value is -0.610. The highest BCUT2D eigenvalue weighted by Gasteiger charge is 2.34. The number of nitrogens with one attached hydrogen (secondary N) is 2. The zero-order chi connectivity index (χ0) is 13.6. The van der Waals surface area contributed by atoms with Gasteiger partial charge in [-0.2, -0.15) is 0 Å². The van der Waals surface area contributed by atoms with Crippen molar-refractivity contribution in [2.24, 2.45) is 5.41 Å². The van der Waals surface area contributed by atoms with Crippen molar-refractivity contribution in [1.29, 1.82) is 0 Å². The average molecular weight is 255 g/mol. The highest BCUT2D eigenvalue weighted by molar-refractivity contribution is 5.82. The summed E-state index contributed by atoms with van der Waals surface area (Å²) in [6.45, 7) is 9.98. The topological polar surface area (TPSA) is 44.4 Å². The van der Waals surface area contributed by atoms with E-state index in [1.165, 1.54) is 0 Å². The number of hydrogen-bond acceptors (Lipinski definition) is 3. The molecule has 0 aromatic rings. The van der Waals surface area contributed by atoms with Crippen molar-refractivity contribution in [1.82, 2.24) is 15.5 Å². The highest BCUT2D eigenvalue weighted by Crippen LogP contribution is 2.25. The smallest absolute Gasteiger partial charge is 0.227 e. The Morgan fingerprint density at radius 2 is 2.28 bits per heavy atom. The number of amides is 1. The fourth-order valence-corrected chi connectivity index (χ4v) is 2.34. The SMILES string of the molecule is CCC(C)N(C)CCNC(=O)C1(C)CCCNC1. The Morgan fingerprint density at radius 1 is 1.56 bits per heavy atom. The van der Waals surface area contributed by atoms with Crippen LogP contribution in [0.25, 0.3) is 0 Å². The molecule has 0 radical (unpaired) electrons. The van der Waals surface area contributed by atoms with Gasteiger partial charge in [-0.1, -0.05) is 6.92 Å². The summed E-state index contributed by atoms with van der Waals surface area (Å²) < 4.78 is 0. The van der Waals surface area contributed by atoms with E-state index in [0.717, 1.165) is 45.4 Å². The Labute approximate surface area is 111 Å². The van der Waals surface area contributed by atoms with E-state index < -0.39 is 0 Å². The molecule has 1 rings (SSSR count). The number of carbonyl (C=O) groups is 1. The molecule has 4 heteroatoms. The minimum atomic E-state index is -0.215. The lowest BCUT2D eigenvalue weighted by Gasteiger charge is -2.33. The molecule has 1 heterocycles. The highest BCUT2D eigenvalue weighted by atomic mass is 16.2. The van der Waals surface area contributed by atoms with Gasteiger partial charge >= 0.3 is 0 Å². The van der Waals surface area contributed by atoms with Crippen LogP contribution in [0.3, 0.4) is 0 Å². The average Bonchev–Trinajstić information content (AvgIpc) is 2.38. The normalized spacial score (nSPS) is 26.1. The molecule has 1 amide bonds. The van der Waals surface area contributed by atoms with Crippen molar-refractivity contribution < 1.29 is 4.79 Å². The van der Waals surface area contributed by atoms with Gasteiger partial charge in [0.1, 0.15) is 0 Å². The maximum absolute atomic E-state index is 12.2. The van der Waals surface area contributed by atoms with E-state index in [4.69, 9.17) is 0 Å². The van der Waals surface area contributed by atoms with Crippen LogP contribution in [-0.4, -0.2) is 50.1 Å². The van der Waals surface area contributed by atoms with Gasteiger partial charge in [-0.15, -0.1) is 0 Å². The summed E-state index contributed by atoms with van der Waals surface area (Å²) in [5, 5.41) is 6.39. The summed E-state index contributed by atoms with van der Waals surface area (Å²) in [4.78, 5) is 14.5. The third-order valence-corrected chi connectivity index (χ3v) is 4.24. The summed E-state index contributed by atoms with van der Waals surface area (Å²) in [5.41, 5.74) is -0.215. The van der Waals surface area contributed by atoms with Gasteiger partial charge in [0.05, 0.1) is 5.41 Å². The minimum Gasteiger partial charge on any atom is -0.354 e. The third kappa shape index (κ3) is 4.25. The first-order chi connectivity index (χ1) is 8.49. The van der Waals surface area contributed by atoms with Gasteiger partial charge in [0.25, 0.3) is 0 Å². The zero-order valence-electron chi connectivity index (χ0n) is 12.4. The monoisotopic (exact) mass is 255 g/mol. The van der Waals surface area contributed by atoms with Crippen LogP contribution in [0.5, 0.6) is 0 Å². The molecule has 0 saturated carbocycles. The number of carbonyl (C=O) groups excluding carboxylic acids is 1. The zero-order valence-corrected chi connectivity index (χ0v) is 12.4. The first-order valence-corrected chi connectivity index (χ1v) is 7.19. The van der Waals surface area contributed by atoms with Crippen LogP contribution in [0.15, 0.2) is 0 Å². The number of nitrogens with zero attached hydrogens (tertiary/aromatic N) is 1. The molecule has 1 saturated heterocycles. The Bertz CT molecular complexity index is 262. The molecule has 2 atom stereocenters. The van der Waals surface area contributed by atoms with Crippen LogP contribution in [0.1, 0.15) is 40.0 Å². The van der Waals surface area contributed by atoms with E-state index in [2.05, 4.69) is 43.4 Å². The van der Waals surface area contributed by atoms with Gasteiger partial charge < -0.3 is 15.5 Å². The fourth-order valence-electron chi connectivity index (χ4n) is 2.34. The lowest BCUT2D eigenvalue weighted by molar-refractivity contribution is -0.131. The molecular weight excluding hydrogens is 226 g/mol. The van der Waals surface area contributed by atoms with Crippen LogP contribution in [0, 0.1) is 5.41 Å². The van der Waals surface area contributed by atoms with Crippen molar-refractivity contribution in [3.63, 3.8) is 0 Å². The van der Waals surface area contributed by atoms with Gasteiger partial charge in [-0.25, -0.2) is 0 Å². The van der Waals surface area contributed by atoms with Crippen molar-refractivity contribution in [3.05, 3.63) is 0 Å². The molecule has 0 spiro atoms. The van der Waals surface area contributed by atoms with Crippen molar-refractivity contribution in [2.45, 2.75) is 46.1 Å². The second kappa shape index (κ2) is 7.10. The van der Waals surface area contributed by atoms with E-state index in [9.17, 15) is 4.79 Å². The number of piperidine rings is 1. The van der Waals surface area contributed by atoms with Gasteiger partial charge in [0.2, 0.25) is 5.91 Å². The molecule has 2 unspecified atom stereocenters. The molecule has 106 valence electrons. The molecule has 2 N–H and O–H groups in total. The Balaban J connectivity index is 2.28. The molecule has 1 fully saturated rings. The van der Waals surface area contributed by atoms with E-state index >= 15 is 0 Å². The van der Waals surface area contributed by atoms with E-state index in [1.54, 1.807) is 0 Å². The van der Waals surface area contributed by atoms with Crippen LogP contribution in [-0.2, 0) is 4.79 Å². The molecule has 0 aromatic carbocycles. The van der Waals surface area contributed by atoms with Crippen LogP contribution >= 0.6 is 0 Å². The molecule has 1 aliphatic heterocycles. The number of likely N-dealkylation sites (N-methyl/N-ethyl adjacent to an activating group) is 1. The first-order valence-electron chi connectivity index (χ1n) is 7.19. The second-order valence-corrected chi connectivity index (χ2v) is 5.83. The standard InChI is InChI=1S/C14H29N3O/c1-5-12(2)17(4)10-9-16-13(18)14(3)7-6-8-15-11-14/h12,15H,5-11H2,1-4H3,(H,16,18). The Morgan fingerprint density at radius 3 is 2.83 bits per heavy atom. The summed E-state index contributed by atoms with van der Waals surface area (Å²) in [5.74, 6) is 0.201. The molecule has 0 bridgehead atoms. The quantitative estimate of drug-likeness (QED) is 0.750. The lowest BCUT2D eigenvalue weighted by atomic mass is 9.82. The molecule has 0 aliphatic carbocycles. The number of hydrogen-bond donors (Lipinski definition) is 2. The summed E-state index contributed by atoms with van der Waals surface area (Å²) in [6, 6.07) is 0.578. The van der Waals surface area contributed by atoms with Gasteiger partial charge in [-0.3, -0.25) is 4.79 Å². The van der Waals surface area contributed by atoms with Crippen molar-refractivity contribution in [2.75, 3.05) is 33.2 Å². The fraction of sp³-hybridized carbons (Fsp3) is 0.929. The van der Waals surface area contributed by atoms with E-state index in [1.807, 2.05) is 0 Å². The first kappa shape index (κ1) is 15.4. The Kier molecular flexibility index (Phi) is 6.09. The molecule has 4 nitrogen and oxygen atoms in total. The van der Waals surface area contributed by atoms with Gasteiger partial charge in [-0.05, 0) is 46.7 Å². The summed E-state index contributed by atoms with van der Waals surface area (Å²) in [7, 11) is 2.12. The predicted octanol–water partition coefficient (Wildman–Crippen LogP) is 1.22. The number of rotatable bonds is 6. The lowest BCUT2D eigenvalue weighted by Crippen LogP contribution is -2.50. The van der Waals surface area contributed by atoms with Crippen LogP contribution < -0.4 is 10.6 Å². The molecular formula is C14H29N3O. The summed E-state index contributed by atoms with van der Waals surface area (Å²) >= 11 is 0. The minimum absolute atomic E-state index is 0.201.